The third-order valence-corrected chi connectivity index (χ3v) is 3.81. The number of halogens is 1. The molecule has 1 rings (SSSR count). The van der Waals surface area contributed by atoms with Gasteiger partial charge in [-0.1, -0.05) is 11.6 Å². The third kappa shape index (κ3) is 4.25. The maximum absolute atomic E-state index is 11.8. The average Bonchev–Trinajstić information content (AvgIpc) is 2.29. The molecule has 1 aromatic rings. The van der Waals surface area contributed by atoms with Crippen molar-refractivity contribution in [2.75, 3.05) is 20.6 Å². The zero-order valence-electron chi connectivity index (χ0n) is 10.1. The molecular formula is C10H14ClN3O3S. The van der Waals surface area contributed by atoms with Gasteiger partial charge < -0.3 is 4.90 Å². The largest absolute Gasteiger partial charge is 0.349 e. The van der Waals surface area contributed by atoms with Crippen LogP contribution in [0, 0.1) is 0 Å². The van der Waals surface area contributed by atoms with Gasteiger partial charge in [-0.05, 0) is 12.1 Å². The molecule has 0 saturated heterocycles. The number of nitrogens with one attached hydrogen (secondary N) is 1. The normalized spacial score (nSPS) is 11.3. The fourth-order valence-electron chi connectivity index (χ4n) is 1.12. The van der Waals surface area contributed by atoms with Gasteiger partial charge >= 0.3 is 0 Å². The van der Waals surface area contributed by atoms with Crippen LogP contribution in [-0.4, -0.2) is 44.8 Å². The van der Waals surface area contributed by atoms with E-state index < -0.39 is 10.0 Å². The SMILES string of the molecule is CN(C)C(=O)CCNS(=O)(=O)c1ccc(Cl)nc1. The Bertz CT molecular complexity index is 514. The second kappa shape index (κ2) is 6.12. The minimum absolute atomic E-state index is 0.0178. The lowest BCUT2D eigenvalue weighted by atomic mass is 10.4. The summed E-state index contributed by atoms with van der Waals surface area (Å²) < 4.78 is 25.9. The summed E-state index contributed by atoms with van der Waals surface area (Å²) in [7, 11) is -0.418. The van der Waals surface area contributed by atoms with Crippen molar-refractivity contribution in [2.45, 2.75) is 11.3 Å². The highest BCUT2D eigenvalue weighted by Crippen LogP contribution is 2.10. The Morgan fingerprint density at radius 3 is 2.61 bits per heavy atom. The molecule has 1 aromatic heterocycles. The van der Waals surface area contributed by atoms with Crippen LogP contribution in [0.25, 0.3) is 0 Å². The van der Waals surface area contributed by atoms with Gasteiger partial charge in [-0.3, -0.25) is 4.79 Å². The van der Waals surface area contributed by atoms with Gasteiger partial charge in [-0.2, -0.15) is 0 Å². The monoisotopic (exact) mass is 291 g/mol. The van der Waals surface area contributed by atoms with Crippen LogP contribution in [0.3, 0.4) is 0 Å². The Labute approximate surface area is 111 Å². The molecule has 0 unspecified atom stereocenters. The number of hydrogen-bond acceptors (Lipinski definition) is 4. The van der Waals surface area contributed by atoms with Crippen molar-refractivity contribution in [3.05, 3.63) is 23.5 Å². The number of sulfonamides is 1. The lowest BCUT2D eigenvalue weighted by Crippen LogP contribution is -2.30. The van der Waals surface area contributed by atoms with Crippen molar-refractivity contribution in [1.29, 1.82) is 0 Å². The number of nitrogens with zero attached hydrogens (tertiary/aromatic N) is 2. The van der Waals surface area contributed by atoms with E-state index in [1.165, 1.54) is 23.2 Å². The van der Waals surface area contributed by atoms with Gasteiger partial charge in [0.1, 0.15) is 10.0 Å². The van der Waals surface area contributed by atoms with Crippen molar-refractivity contribution in [2.24, 2.45) is 0 Å². The number of hydrogen-bond donors (Lipinski definition) is 1. The molecule has 8 heteroatoms. The van der Waals surface area contributed by atoms with Crippen LogP contribution >= 0.6 is 11.6 Å². The molecule has 1 N–H and O–H groups in total. The van der Waals surface area contributed by atoms with Gasteiger partial charge in [0.25, 0.3) is 0 Å². The molecule has 0 radical (unpaired) electrons. The van der Waals surface area contributed by atoms with Gasteiger partial charge in [0.15, 0.2) is 0 Å². The summed E-state index contributed by atoms with van der Waals surface area (Å²) in [6, 6.07) is 2.74. The topological polar surface area (TPSA) is 79.4 Å². The number of carbonyl (C=O) groups excluding carboxylic acids is 1. The van der Waals surface area contributed by atoms with E-state index in [9.17, 15) is 13.2 Å². The molecule has 0 aromatic carbocycles. The van der Waals surface area contributed by atoms with E-state index in [0.29, 0.717) is 0 Å². The number of rotatable bonds is 5. The van der Waals surface area contributed by atoms with Crippen LogP contribution < -0.4 is 4.72 Å². The van der Waals surface area contributed by atoms with E-state index in [1.807, 2.05) is 0 Å². The van der Waals surface area contributed by atoms with Crippen molar-refractivity contribution < 1.29 is 13.2 Å². The summed E-state index contributed by atoms with van der Waals surface area (Å²) in [6.45, 7) is 0.0436. The molecule has 0 aliphatic heterocycles. The molecule has 0 aliphatic carbocycles. The van der Waals surface area contributed by atoms with Crippen molar-refractivity contribution in [3.8, 4) is 0 Å². The van der Waals surface area contributed by atoms with Crippen LogP contribution in [0.1, 0.15) is 6.42 Å². The van der Waals surface area contributed by atoms with Crippen LogP contribution in [0.4, 0.5) is 0 Å². The Balaban J connectivity index is 2.61. The Morgan fingerprint density at radius 1 is 1.44 bits per heavy atom. The molecular weight excluding hydrogens is 278 g/mol. The second-order valence-electron chi connectivity index (χ2n) is 3.75. The second-order valence-corrected chi connectivity index (χ2v) is 5.91. The minimum Gasteiger partial charge on any atom is -0.349 e. The van der Waals surface area contributed by atoms with Crippen molar-refractivity contribution >= 4 is 27.5 Å². The summed E-state index contributed by atoms with van der Waals surface area (Å²) in [6.07, 6.45) is 1.27. The van der Waals surface area contributed by atoms with Crippen LogP contribution in [0.15, 0.2) is 23.2 Å². The van der Waals surface area contributed by atoms with E-state index in [1.54, 1.807) is 14.1 Å². The lowest BCUT2D eigenvalue weighted by Gasteiger charge is -2.10. The molecule has 0 atom stereocenters. The van der Waals surface area contributed by atoms with Gasteiger partial charge in [0.05, 0.1) is 0 Å². The number of carbonyl (C=O) groups is 1. The predicted octanol–water partition coefficient (Wildman–Crippen LogP) is 0.492. The highest BCUT2D eigenvalue weighted by molar-refractivity contribution is 7.89. The van der Waals surface area contributed by atoms with Crippen molar-refractivity contribution in [3.63, 3.8) is 0 Å². The molecule has 0 bridgehead atoms. The quantitative estimate of drug-likeness (QED) is 0.801. The standard InChI is InChI=1S/C10H14ClN3O3S/c1-14(2)10(15)5-6-13-18(16,17)8-3-4-9(11)12-7-8/h3-4,7,13H,5-6H2,1-2H3. The highest BCUT2D eigenvalue weighted by Gasteiger charge is 2.14. The zero-order valence-corrected chi connectivity index (χ0v) is 11.6. The fraction of sp³-hybridized carbons (Fsp3) is 0.400. The summed E-state index contributed by atoms with van der Waals surface area (Å²) >= 11 is 5.57. The molecule has 0 saturated carbocycles. The summed E-state index contributed by atoms with van der Waals surface area (Å²) in [5, 5.41) is 0.219. The van der Waals surface area contributed by atoms with Crippen molar-refractivity contribution in [1.82, 2.24) is 14.6 Å². The third-order valence-electron chi connectivity index (χ3n) is 2.14. The van der Waals surface area contributed by atoms with Gasteiger partial charge in [-0.25, -0.2) is 18.1 Å². The predicted molar refractivity (Wildman–Crippen MR) is 67.7 cm³/mol. The first kappa shape index (κ1) is 14.9. The van der Waals surface area contributed by atoms with Gasteiger partial charge in [-0.15, -0.1) is 0 Å². The maximum atomic E-state index is 11.8. The van der Waals surface area contributed by atoms with E-state index in [-0.39, 0.29) is 28.9 Å². The molecule has 0 aliphatic rings. The Morgan fingerprint density at radius 2 is 2.11 bits per heavy atom. The molecule has 100 valence electrons. The van der Waals surface area contributed by atoms with E-state index in [2.05, 4.69) is 9.71 Å². The van der Waals surface area contributed by atoms with E-state index in [4.69, 9.17) is 11.6 Å². The summed E-state index contributed by atoms with van der Waals surface area (Å²) in [4.78, 5) is 16.4. The lowest BCUT2D eigenvalue weighted by molar-refractivity contribution is -0.128. The molecule has 0 spiro atoms. The molecule has 1 amide bonds. The molecule has 0 fully saturated rings. The molecule has 6 nitrogen and oxygen atoms in total. The summed E-state index contributed by atoms with van der Waals surface area (Å²) in [5.41, 5.74) is 0. The first-order valence-corrected chi connectivity index (χ1v) is 7.00. The smallest absolute Gasteiger partial charge is 0.242 e. The van der Waals surface area contributed by atoms with Gasteiger partial charge in [0.2, 0.25) is 15.9 Å². The van der Waals surface area contributed by atoms with E-state index in [0.717, 1.165) is 0 Å². The summed E-state index contributed by atoms with van der Waals surface area (Å²) in [5.74, 6) is -0.146. The zero-order chi connectivity index (χ0) is 13.8. The fourth-order valence-corrected chi connectivity index (χ4v) is 2.21. The van der Waals surface area contributed by atoms with Gasteiger partial charge in [0, 0.05) is 33.3 Å². The molecule has 1 heterocycles. The molecule has 18 heavy (non-hydrogen) atoms. The Hall–Kier alpha value is -1.18. The minimum atomic E-state index is -3.64. The Kier molecular flexibility index (Phi) is 5.06. The highest BCUT2D eigenvalue weighted by atomic mass is 35.5. The number of aromatic nitrogens is 1. The first-order chi connectivity index (χ1) is 8.33. The average molecular weight is 292 g/mol. The van der Waals surface area contributed by atoms with E-state index >= 15 is 0 Å². The van der Waals surface area contributed by atoms with Crippen LogP contribution in [0.5, 0.6) is 0 Å². The van der Waals surface area contributed by atoms with Crippen LogP contribution in [-0.2, 0) is 14.8 Å². The van der Waals surface area contributed by atoms with Crippen LogP contribution in [0.2, 0.25) is 5.15 Å². The first-order valence-electron chi connectivity index (χ1n) is 5.14. The number of pyridine rings is 1. The maximum Gasteiger partial charge on any atom is 0.242 e. The number of amides is 1.